The molecule has 0 unspecified atom stereocenters. The summed E-state index contributed by atoms with van der Waals surface area (Å²) in [5.41, 5.74) is 3.33. The molecule has 2 aliphatic heterocycles. The summed E-state index contributed by atoms with van der Waals surface area (Å²) in [6, 6.07) is 4.15. The molecule has 0 saturated carbocycles. The summed E-state index contributed by atoms with van der Waals surface area (Å²) in [5, 5.41) is 3.27. The second-order valence-corrected chi connectivity index (χ2v) is 7.65. The summed E-state index contributed by atoms with van der Waals surface area (Å²) in [7, 11) is 0. The summed E-state index contributed by atoms with van der Waals surface area (Å²) >= 11 is 0. The third-order valence-corrected chi connectivity index (χ3v) is 4.91. The number of hydrogen-bond acceptors (Lipinski definition) is 4. The fourth-order valence-corrected chi connectivity index (χ4v) is 3.73. The molecule has 24 heavy (non-hydrogen) atoms. The van der Waals surface area contributed by atoms with Crippen LogP contribution in [0.5, 0.6) is 0 Å². The first-order valence-electron chi connectivity index (χ1n) is 8.34. The first kappa shape index (κ1) is 16.4. The van der Waals surface area contributed by atoms with Gasteiger partial charge >= 0.3 is 0 Å². The molecule has 2 aliphatic rings. The van der Waals surface area contributed by atoms with Gasteiger partial charge in [-0.2, -0.15) is 0 Å². The second-order valence-electron chi connectivity index (χ2n) is 7.65. The first-order chi connectivity index (χ1) is 11.2. The highest BCUT2D eigenvalue weighted by Gasteiger charge is 2.46. The monoisotopic (exact) mass is 322 g/mol. The van der Waals surface area contributed by atoms with Gasteiger partial charge in [0.25, 0.3) is 0 Å². The molecule has 0 aromatic carbocycles. The van der Waals surface area contributed by atoms with Gasteiger partial charge in [0.2, 0.25) is 0 Å². The van der Waals surface area contributed by atoms with Crippen molar-refractivity contribution in [3.05, 3.63) is 36.7 Å². The Balaban J connectivity index is 2.02. The Labute approximate surface area is 145 Å². The van der Waals surface area contributed by atoms with E-state index in [9.17, 15) is 0 Å². The summed E-state index contributed by atoms with van der Waals surface area (Å²) in [4.78, 5) is 9.61. The molecular weight excluding hydrogens is 296 g/mol. The van der Waals surface area contributed by atoms with E-state index in [1.165, 1.54) is 5.69 Å². The van der Waals surface area contributed by atoms with Crippen LogP contribution >= 0.6 is 0 Å². The minimum Gasteiger partial charge on any atom is -0.368 e. The minimum atomic E-state index is -0.461. The van der Waals surface area contributed by atoms with E-state index in [0.29, 0.717) is 0 Å². The summed E-state index contributed by atoms with van der Waals surface area (Å²) in [6.45, 7) is 18.6. The highest BCUT2D eigenvalue weighted by atomic mass is 15.4. The Morgan fingerprint density at radius 2 is 2.12 bits per heavy atom. The van der Waals surface area contributed by atoms with E-state index in [0.717, 1.165) is 42.4 Å². The van der Waals surface area contributed by atoms with Crippen molar-refractivity contribution in [2.45, 2.75) is 45.2 Å². The maximum Gasteiger partial charge on any atom is 0.157 e. The molecule has 1 fully saturated rings. The Kier molecular flexibility index (Phi) is 3.64. The molecule has 4 nitrogen and oxygen atoms in total. The number of allylic oxidation sites excluding steroid dienone is 1. The molecule has 126 valence electrons. The lowest BCUT2D eigenvalue weighted by molar-refractivity contribution is 0.483. The van der Waals surface area contributed by atoms with Crippen LogP contribution in [-0.4, -0.2) is 29.2 Å². The minimum absolute atomic E-state index is 0.0529. The highest BCUT2D eigenvalue weighted by Crippen LogP contribution is 2.46. The maximum absolute atomic E-state index is 5.57. The standard InChI is InChI=1S/C20H26N4/c1-8-19(5,6)22-15(4)16-9-10-17-18(21-16)24(14(2)3)20(7)11-12-23(17)13-20/h1,9-10,22H,2,4,11-13H2,3,5-7H3/t20-/m0/s1. The molecule has 0 aliphatic carbocycles. The number of hydrogen-bond donors (Lipinski definition) is 1. The van der Waals surface area contributed by atoms with Crippen molar-refractivity contribution >= 4 is 17.2 Å². The van der Waals surface area contributed by atoms with E-state index < -0.39 is 5.54 Å². The van der Waals surface area contributed by atoms with Gasteiger partial charge in [-0.15, -0.1) is 6.42 Å². The third-order valence-electron chi connectivity index (χ3n) is 4.91. The lowest BCUT2D eigenvalue weighted by Gasteiger charge is -2.44. The van der Waals surface area contributed by atoms with Crippen molar-refractivity contribution < 1.29 is 0 Å². The van der Waals surface area contributed by atoms with Crippen LogP contribution < -0.4 is 15.1 Å². The number of pyridine rings is 1. The quantitative estimate of drug-likeness (QED) is 0.861. The fourth-order valence-electron chi connectivity index (χ4n) is 3.73. The zero-order valence-corrected chi connectivity index (χ0v) is 15.1. The van der Waals surface area contributed by atoms with Gasteiger partial charge in [0.1, 0.15) is 0 Å². The van der Waals surface area contributed by atoms with Crippen LogP contribution in [0.2, 0.25) is 0 Å². The van der Waals surface area contributed by atoms with Gasteiger partial charge < -0.3 is 15.1 Å². The van der Waals surface area contributed by atoms with Gasteiger partial charge in [0.05, 0.1) is 28.2 Å². The number of nitrogens with one attached hydrogen (secondary N) is 1. The molecule has 1 aromatic rings. The van der Waals surface area contributed by atoms with Crippen LogP contribution in [-0.2, 0) is 0 Å². The van der Waals surface area contributed by atoms with Gasteiger partial charge in [-0.25, -0.2) is 4.98 Å². The van der Waals surface area contributed by atoms with Gasteiger partial charge in [0.15, 0.2) is 5.82 Å². The van der Waals surface area contributed by atoms with Crippen molar-refractivity contribution in [1.82, 2.24) is 10.3 Å². The molecule has 1 atom stereocenters. The van der Waals surface area contributed by atoms with E-state index >= 15 is 0 Å². The fraction of sp³-hybridized carbons (Fsp3) is 0.450. The lowest BCUT2D eigenvalue weighted by Crippen LogP contribution is -2.51. The number of rotatable bonds is 4. The van der Waals surface area contributed by atoms with Crippen LogP contribution in [0.4, 0.5) is 11.5 Å². The Bertz CT molecular complexity index is 755. The van der Waals surface area contributed by atoms with Crippen molar-refractivity contribution in [2.75, 3.05) is 22.9 Å². The first-order valence-corrected chi connectivity index (χ1v) is 8.34. The molecular formula is C20H26N4. The molecule has 3 heterocycles. The molecule has 0 amide bonds. The van der Waals surface area contributed by atoms with Gasteiger partial charge in [-0.3, -0.25) is 0 Å². The van der Waals surface area contributed by atoms with E-state index in [1.54, 1.807) is 0 Å². The topological polar surface area (TPSA) is 31.4 Å². The molecule has 4 heteroatoms. The zero-order chi connectivity index (χ0) is 17.7. The number of terminal acetylenes is 1. The summed E-state index contributed by atoms with van der Waals surface area (Å²) in [6.07, 6.45) is 6.67. The SMILES string of the molecule is C#CC(C)(C)NC(=C)c1ccc2c(n1)N(C(=C)C)[C@@]1(C)CCN2C1. The van der Waals surface area contributed by atoms with Gasteiger partial charge in [-0.05, 0) is 46.2 Å². The van der Waals surface area contributed by atoms with Crippen molar-refractivity contribution in [3.63, 3.8) is 0 Å². The van der Waals surface area contributed by atoms with Crippen molar-refractivity contribution in [1.29, 1.82) is 0 Å². The normalized spacial score (nSPS) is 22.0. The third kappa shape index (κ3) is 2.54. The predicted molar refractivity (Wildman–Crippen MR) is 102 cm³/mol. The molecule has 1 saturated heterocycles. The summed E-state index contributed by atoms with van der Waals surface area (Å²) in [5.74, 6) is 3.69. The molecule has 1 N–H and O–H groups in total. The second kappa shape index (κ2) is 5.31. The Morgan fingerprint density at radius 3 is 2.75 bits per heavy atom. The van der Waals surface area contributed by atoms with E-state index in [4.69, 9.17) is 11.4 Å². The van der Waals surface area contributed by atoms with Crippen LogP contribution in [0, 0.1) is 12.3 Å². The Morgan fingerprint density at radius 1 is 1.42 bits per heavy atom. The van der Waals surface area contributed by atoms with Crippen LogP contribution in [0.25, 0.3) is 5.70 Å². The number of aromatic nitrogens is 1. The molecule has 3 rings (SSSR count). The number of anilines is 2. The maximum atomic E-state index is 5.57. The Hall–Kier alpha value is -2.41. The van der Waals surface area contributed by atoms with Gasteiger partial charge in [-0.1, -0.05) is 19.1 Å². The van der Waals surface area contributed by atoms with Crippen molar-refractivity contribution in [2.24, 2.45) is 0 Å². The lowest BCUT2D eigenvalue weighted by atomic mass is 9.96. The predicted octanol–water partition coefficient (Wildman–Crippen LogP) is 3.38. The van der Waals surface area contributed by atoms with Crippen molar-refractivity contribution in [3.8, 4) is 12.3 Å². The van der Waals surface area contributed by atoms with E-state index in [2.05, 4.69) is 47.2 Å². The molecule has 2 bridgehead atoms. The molecule has 0 radical (unpaired) electrons. The largest absolute Gasteiger partial charge is 0.368 e. The van der Waals surface area contributed by atoms with Crippen LogP contribution in [0.3, 0.4) is 0 Å². The molecule has 0 spiro atoms. The van der Waals surface area contributed by atoms with Gasteiger partial charge in [0, 0.05) is 18.8 Å². The molecule has 1 aromatic heterocycles. The highest BCUT2D eigenvalue weighted by molar-refractivity contribution is 5.77. The average molecular weight is 322 g/mol. The average Bonchev–Trinajstić information content (AvgIpc) is 2.84. The number of nitrogens with zero attached hydrogens (tertiary/aromatic N) is 3. The van der Waals surface area contributed by atoms with E-state index in [1.807, 2.05) is 26.8 Å². The summed E-state index contributed by atoms with van der Waals surface area (Å²) < 4.78 is 0. The van der Waals surface area contributed by atoms with E-state index in [-0.39, 0.29) is 5.54 Å². The zero-order valence-electron chi connectivity index (χ0n) is 15.1. The smallest absolute Gasteiger partial charge is 0.157 e. The van der Waals surface area contributed by atoms with Crippen LogP contribution in [0.15, 0.2) is 31.0 Å². The van der Waals surface area contributed by atoms with Crippen LogP contribution in [0.1, 0.15) is 39.8 Å². The number of fused-ring (bicyclic) bond motifs is 4.